The zero-order valence-electron chi connectivity index (χ0n) is 16.6. The van der Waals surface area contributed by atoms with E-state index in [0.29, 0.717) is 9.78 Å². The van der Waals surface area contributed by atoms with Crippen molar-refractivity contribution in [3.63, 3.8) is 0 Å². The Morgan fingerprint density at radius 3 is 2.58 bits per heavy atom. The van der Waals surface area contributed by atoms with Gasteiger partial charge in [-0.1, -0.05) is 31.5 Å². The fourth-order valence-corrected chi connectivity index (χ4v) is 3.77. The molecule has 0 spiro atoms. The molecule has 0 aliphatic carbocycles. The molecule has 4 N–H and O–H groups in total. The van der Waals surface area contributed by atoms with Crippen molar-refractivity contribution < 1.29 is 28.2 Å². The molecule has 1 aliphatic rings. The number of rotatable bonds is 6. The lowest BCUT2D eigenvalue weighted by Gasteiger charge is -2.16. The summed E-state index contributed by atoms with van der Waals surface area (Å²) in [7, 11) is 0. The Balaban J connectivity index is 2.05. The number of carbonyl (C=O) groups is 3. The molecule has 0 bridgehead atoms. The van der Waals surface area contributed by atoms with Crippen molar-refractivity contribution in [2.75, 3.05) is 11.7 Å². The van der Waals surface area contributed by atoms with E-state index in [1.165, 1.54) is 11.3 Å². The topological polar surface area (TPSA) is 125 Å². The SMILES string of the molecule is CC(C)[C@H](N)C(=O)OCO/C(=C1/C(=O)N(C(N)=O)c2cc(Cl)c(F)cc21)c1cccs1. The van der Waals surface area contributed by atoms with Crippen LogP contribution in [0.3, 0.4) is 0 Å². The Hall–Kier alpha value is -2.95. The van der Waals surface area contributed by atoms with Crippen LogP contribution in [0.25, 0.3) is 11.3 Å². The Morgan fingerprint density at radius 2 is 2.00 bits per heavy atom. The minimum absolute atomic E-state index is 0.00218. The second-order valence-electron chi connectivity index (χ2n) is 6.94. The molecule has 1 aromatic heterocycles. The molecule has 164 valence electrons. The van der Waals surface area contributed by atoms with Crippen LogP contribution in [0.5, 0.6) is 0 Å². The summed E-state index contributed by atoms with van der Waals surface area (Å²) in [5.74, 6) is -2.45. The summed E-state index contributed by atoms with van der Waals surface area (Å²) >= 11 is 7.06. The molecule has 3 amide bonds. The molecule has 0 saturated carbocycles. The maximum atomic E-state index is 14.2. The van der Waals surface area contributed by atoms with E-state index in [4.69, 9.17) is 32.5 Å². The molecule has 0 radical (unpaired) electrons. The standard InChI is InChI=1S/C20H19ClFN3O5S/c1-9(2)16(23)19(27)30-8-29-17(14-4-3-5-31-14)15-10-6-12(22)11(21)7-13(10)25(18(15)26)20(24)28/h3-7,9,16H,8,23H2,1-2H3,(H2,24,28)/b17-15+/t16-/m0/s1. The zero-order chi connectivity index (χ0) is 22.9. The van der Waals surface area contributed by atoms with Crippen LogP contribution in [-0.4, -0.2) is 30.7 Å². The van der Waals surface area contributed by atoms with Crippen molar-refractivity contribution in [1.29, 1.82) is 0 Å². The number of benzene rings is 1. The molecule has 31 heavy (non-hydrogen) atoms. The van der Waals surface area contributed by atoms with E-state index in [2.05, 4.69) is 0 Å². The summed E-state index contributed by atoms with van der Waals surface area (Å²) in [6.07, 6.45) is 0. The minimum Gasteiger partial charge on any atom is -0.455 e. The van der Waals surface area contributed by atoms with Crippen molar-refractivity contribution in [3.05, 3.63) is 50.9 Å². The highest BCUT2D eigenvalue weighted by Crippen LogP contribution is 2.43. The monoisotopic (exact) mass is 467 g/mol. The molecule has 0 saturated heterocycles. The lowest BCUT2D eigenvalue weighted by molar-refractivity contribution is -0.154. The number of nitrogens with two attached hydrogens (primary N) is 2. The Morgan fingerprint density at radius 1 is 1.29 bits per heavy atom. The summed E-state index contributed by atoms with van der Waals surface area (Å²) in [4.78, 5) is 38.1. The number of amides is 3. The van der Waals surface area contributed by atoms with Gasteiger partial charge in [0.2, 0.25) is 6.79 Å². The van der Waals surface area contributed by atoms with Gasteiger partial charge in [-0.05, 0) is 29.5 Å². The summed E-state index contributed by atoms with van der Waals surface area (Å²) < 4.78 is 24.9. The maximum Gasteiger partial charge on any atom is 0.326 e. The molecular formula is C20H19ClFN3O5S. The molecule has 11 heteroatoms. The van der Waals surface area contributed by atoms with Crippen LogP contribution in [0.2, 0.25) is 5.02 Å². The van der Waals surface area contributed by atoms with Gasteiger partial charge in [0.1, 0.15) is 11.9 Å². The minimum atomic E-state index is -1.07. The normalized spacial score (nSPS) is 15.7. The third-order valence-corrected chi connectivity index (χ3v) is 5.71. The second kappa shape index (κ2) is 9.04. The van der Waals surface area contributed by atoms with Crippen LogP contribution in [0.4, 0.5) is 14.9 Å². The number of thiophene rings is 1. The second-order valence-corrected chi connectivity index (χ2v) is 8.29. The Labute approximate surface area is 186 Å². The number of primary amides is 1. The average Bonchev–Trinajstić information content (AvgIpc) is 3.32. The van der Waals surface area contributed by atoms with Crippen molar-refractivity contribution in [1.82, 2.24) is 0 Å². The number of urea groups is 1. The van der Waals surface area contributed by atoms with Crippen molar-refractivity contribution in [2.45, 2.75) is 19.9 Å². The highest BCUT2D eigenvalue weighted by Gasteiger charge is 2.40. The van der Waals surface area contributed by atoms with E-state index in [0.717, 1.165) is 12.1 Å². The first-order valence-corrected chi connectivity index (χ1v) is 10.4. The largest absolute Gasteiger partial charge is 0.455 e. The number of hydrogen-bond acceptors (Lipinski definition) is 7. The Bertz CT molecular complexity index is 1070. The average molecular weight is 468 g/mol. The van der Waals surface area contributed by atoms with Crippen molar-refractivity contribution in [2.24, 2.45) is 17.4 Å². The van der Waals surface area contributed by atoms with Crippen molar-refractivity contribution in [3.8, 4) is 0 Å². The highest BCUT2D eigenvalue weighted by atomic mass is 35.5. The van der Waals surface area contributed by atoms with E-state index >= 15 is 0 Å². The van der Waals surface area contributed by atoms with E-state index < -0.39 is 36.6 Å². The van der Waals surface area contributed by atoms with Gasteiger partial charge >= 0.3 is 12.0 Å². The number of halogens is 2. The van der Waals surface area contributed by atoms with E-state index in [1.807, 2.05) is 0 Å². The number of fused-ring (bicyclic) bond motifs is 1. The van der Waals surface area contributed by atoms with Crippen LogP contribution >= 0.6 is 22.9 Å². The van der Waals surface area contributed by atoms with Crippen LogP contribution in [0.1, 0.15) is 24.3 Å². The first-order valence-electron chi connectivity index (χ1n) is 9.10. The molecule has 2 aromatic rings. The number of imide groups is 1. The third kappa shape index (κ3) is 4.41. The lowest BCUT2D eigenvalue weighted by atomic mass is 10.0. The van der Waals surface area contributed by atoms with Gasteiger partial charge in [-0.25, -0.2) is 14.1 Å². The number of hydrogen-bond donors (Lipinski definition) is 2. The van der Waals surface area contributed by atoms with Gasteiger partial charge in [-0.3, -0.25) is 9.59 Å². The van der Waals surface area contributed by atoms with Gasteiger partial charge < -0.3 is 20.9 Å². The van der Waals surface area contributed by atoms with Crippen LogP contribution < -0.4 is 16.4 Å². The molecule has 1 aromatic carbocycles. The quantitative estimate of drug-likeness (QED) is 0.290. The van der Waals surface area contributed by atoms with Gasteiger partial charge in [0.05, 0.1) is 21.2 Å². The first-order chi connectivity index (χ1) is 14.6. The highest BCUT2D eigenvalue weighted by molar-refractivity contribution is 7.11. The van der Waals surface area contributed by atoms with Crippen LogP contribution in [0, 0.1) is 11.7 Å². The predicted octanol–water partition coefficient (Wildman–Crippen LogP) is 3.33. The first kappa shape index (κ1) is 22.7. The lowest BCUT2D eigenvalue weighted by Crippen LogP contribution is -2.38. The number of carbonyl (C=O) groups excluding carboxylic acids is 3. The molecule has 2 heterocycles. The molecule has 8 nitrogen and oxygen atoms in total. The Kier molecular flexibility index (Phi) is 6.63. The molecule has 0 unspecified atom stereocenters. The molecule has 1 atom stereocenters. The van der Waals surface area contributed by atoms with Crippen LogP contribution in [0.15, 0.2) is 29.6 Å². The van der Waals surface area contributed by atoms with Gasteiger partial charge in [0, 0.05) is 5.56 Å². The van der Waals surface area contributed by atoms with E-state index in [1.54, 1.807) is 31.4 Å². The summed E-state index contributed by atoms with van der Waals surface area (Å²) in [6, 6.07) is 3.60. The number of esters is 1. The van der Waals surface area contributed by atoms with E-state index in [-0.39, 0.29) is 33.5 Å². The van der Waals surface area contributed by atoms with Gasteiger partial charge in [-0.15, -0.1) is 11.3 Å². The fraction of sp³-hybridized carbons (Fsp3) is 0.250. The van der Waals surface area contributed by atoms with Gasteiger partial charge in [0.15, 0.2) is 5.76 Å². The van der Waals surface area contributed by atoms with Crippen LogP contribution in [-0.2, 0) is 19.1 Å². The van der Waals surface area contributed by atoms with Gasteiger partial charge in [0.25, 0.3) is 5.91 Å². The van der Waals surface area contributed by atoms with Gasteiger partial charge in [-0.2, -0.15) is 0 Å². The molecule has 3 rings (SSSR count). The molecule has 1 aliphatic heterocycles. The van der Waals surface area contributed by atoms with Crippen molar-refractivity contribution >= 4 is 57.9 Å². The summed E-state index contributed by atoms with van der Waals surface area (Å²) in [6.45, 7) is 2.97. The fourth-order valence-electron chi connectivity index (χ4n) is 2.89. The molecular weight excluding hydrogens is 449 g/mol. The predicted molar refractivity (Wildman–Crippen MR) is 114 cm³/mol. The summed E-state index contributed by atoms with van der Waals surface area (Å²) in [5.41, 5.74) is 11.1. The molecule has 0 fully saturated rings. The zero-order valence-corrected chi connectivity index (χ0v) is 18.1. The smallest absolute Gasteiger partial charge is 0.326 e. The number of anilines is 1. The summed E-state index contributed by atoms with van der Waals surface area (Å²) in [5, 5.41) is 1.45. The number of ether oxygens (including phenoxy) is 2. The maximum absolute atomic E-state index is 14.2. The third-order valence-electron chi connectivity index (χ3n) is 4.55. The van der Waals surface area contributed by atoms with E-state index in [9.17, 15) is 18.8 Å². The number of nitrogens with zero attached hydrogens (tertiary/aromatic N) is 1.